The molecule has 37 heavy (non-hydrogen) atoms. The quantitative estimate of drug-likeness (QED) is 0.421. The number of ether oxygens (including phenoxy) is 4. The van der Waals surface area contributed by atoms with Crippen molar-refractivity contribution >= 4 is 17.5 Å². The van der Waals surface area contributed by atoms with Gasteiger partial charge >= 0.3 is 0 Å². The molecule has 196 valence electrons. The standard InChI is InChI=1S/C28H32N2O7/c1-33-20-12-14-22(34-2)21(17-20)30(28(32)24-10-7-15-37-24)26(27(31)29-19-8-5-6-9-19)18-11-13-23(35-3)25(16-18)36-4/h7,10-17,19,26H,5-6,8-9H2,1-4H3,(H,29,31)/t26-/m1/s1. The van der Waals surface area contributed by atoms with Gasteiger partial charge in [0.1, 0.15) is 17.5 Å². The molecule has 1 aliphatic carbocycles. The molecule has 0 spiro atoms. The molecule has 1 aromatic heterocycles. The van der Waals surface area contributed by atoms with Crippen LogP contribution in [0.15, 0.2) is 59.2 Å². The SMILES string of the molecule is COc1ccc(OC)c(N(C(=O)c2ccco2)[C@@H](C(=O)NC2CCCC2)c2ccc(OC)c(OC)c2)c1. The number of benzene rings is 2. The van der Waals surface area contributed by atoms with Gasteiger partial charge < -0.3 is 28.7 Å². The number of furan rings is 1. The molecule has 9 heteroatoms. The average Bonchev–Trinajstić information content (AvgIpc) is 3.65. The Bertz CT molecular complexity index is 1220. The summed E-state index contributed by atoms with van der Waals surface area (Å²) in [5.41, 5.74) is 0.877. The fraction of sp³-hybridized carbons (Fsp3) is 0.357. The van der Waals surface area contributed by atoms with E-state index >= 15 is 0 Å². The molecule has 1 fully saturated rings. The van der Waals surface area contributed by atoms with Gasteiger partial charge in [0.05, 0.1) is 40.4 Å². The number of hydrogen-bond donors (Lipinski definition) is 1. The number of rotatable bonds is 10. The zero-order valence-electron chi connectivity index (χ0n) is 21.5. The zero-order valence-corrected chi connectivity index (χ0v) is 21.5. The van der Waals surface area contributed by atoms with Crippen LogP contribution in [0.1, 0.15) is 47.8 Å². The van der Waals surface area contributed by atoms with Gasteiger partial charge in [0.15, 0.2) is 17.3 Å². The Kier molecular flexibility index (Phi) is 8.22. The Morgan fingerprint density at radius 2 is 1.59 bits per heavy atom. The maximum Gasteiger partial charge on any atom is 0.295 e. The van der Waals surface area contributed by atoms with Crippen LogP contribution in [0.2, 0.25) is 0 Å². The largest absolute Gasteiger partial charge is 0.497 e. The van der Waals surface area contributed by atoms with Crippen molar-refractivity contribution in [3.05, 3.63) is 66.1 Å². The minimum absolute atomic E-state index is 0.0305. The van der Waals surface area contributed by atoms with E-state index in [0.717, 1.165) is 25.7 Å². The fourth-order valence-electron chi connectivity index (χ4n) is 4.66. The maximum absolute atomic E-state index is 14.0. The molecular formula is C28H32N2O7. The van der Waals surface area contributed by atoms with Crippen LogP contribution < -0.4 is 29.2 Å². The molecule has 0 aliphatic heterocycles. The average molecular weight is 509 g/mol. The van der Waals surface area contributed by atoms with Gasteiger partial charge in [-0.1, -0.05) is 18.9 Å². The molecule has 9 nitrogen and oxygen atoms in total. The highest BCUT2D eigenvalue weighted by atomic mass is 16.5. The van der Waals surface area contributed by atoms with E-state index in [1.54, 1.807) is 48.5 Å². The first-order valence-corrected chi connectivity index (χ1v) is 12.1. The molecule has 3 aromatic rings. The number of carbonyl (C=O) groups is 2. The molecule has 4 rings (SSSR count). The van der Waals surface area contributed by atoms with Crippen molar-refractivity contribution < 1.29 is 33.0 Å². The van der Waals surface area contributed by atoms with Crippen LogP contribution in [0.4, 0.5) is 5.69 Å². The molecule has 0 radical (unpaired) electrons. The Morgan fingerprint density at radius 1 is 0.892 bits per heavy atom. The first-order valence-electron chi connectivity index (χ1n) is 12.1. The molecule has 1 aliphatic rings. The number of hydrogen-bond acceptors (Lipinski definition) is 7. The highest BCUT2D eigenvalue weighted by molar-refractivity contribution is 6.09. The third-order valence-electron chi connectivity index (χ3n) is 6.53. The van der Waals surface area contributed by atoms with E-state index in [0.29, 0.717) is 34.2 Å². The summed E-state index contributed by atoms with van der Waals surface area (Å²) in [5, 5.41) is 3.15. The van der Waals surface area contributed by atoms with Gasteiger partial charge in [0.25, 0.3) is 5.91 Å². The lowest BCUT2D eigenvalue weighted by atomic mass is 10.0. The van der Waals surface area contributed by atoms with Crippen molar-refractivity contribution in [3.63, 3.8) is 0 Å². The summed E-state index contributed by atoms with van der Waals surface area (Å²) in [5.74, 6) is 1.05. The molecule has 2 amide bonds. The molecule has 1 atom stereocenters. The zero-order chi connectivity index (χ0) is 26.4. The Labute approximate surface area is 216 Å². The van der Waals surface area contributed by atoms with Crippen LogP contribution in [-0.2, 0) is 4.79 Å². The van der Waals surface area contributed by atoms with Gasteiger partial charge in [-0.2, -0.15) is 0 Å². The minimum Gasteiger partial charge on any atom is -0.497 e. The van der Waals surface area contributed by atoms with Crippen LogP contribution in [0, 0.1) is 0 Å². The summed E-state index contributed by atoms with van der Waals surface area (Å²) in [4.78, 5) is 29.4. The van der Waals surface area contributed by atoms with E-state index in [-0.39, 0.29) is 17.7 Å². The predicted molar refractivity (Wildman–Crippen MR) is 138 cm³/mol. The third-order valence-corrected chi connectivity index (χ3v) is 6.53. The van der Waals surface area contributed by atoms with Crippen molar-refractivity contribution in [1.29, 1.82) is 0 Å². The maximum atomic E-state index is 14.0. The summed E-state index contributed by atoms with van der Waals surface area (Å²) in [6.07, 6.45) is 5.28. The number of nitrogens with zero attached hydrogens (tertiary/aromatic N) is 1. The van der Waals surface area contributed by atoms with Crippen LogP contribution >= 0.6 is 0 Å². The molecule has 1 N–H and O–H groups in total. The lowest BCUT2D eigenvalue weighted by molar-refractivity contribution is -0.123. The lowest BCUT2D eigenvalue weighted by Gasteiger charge is -2.33. The van der Waals surface area contributed by atoms with E-state index in [1.165, 1.54) is 39.6 Å². The fourth-order valence-corrected chi connectivity index (χ4v) is 4.66. The van der Waals surface area contributed by atoms with E-state index in [4.69, 9.17) is 23.4 Å². The highest BCUT2D eigenvalue weighted by Gasteiger charge is 2.38. The van der Waals surface area contributed by atoms with Gasteiger partial charge in [-0.25, -0.2) is 0 Å². The molecule has 0 bridgehead atoms. The molecule has 0 saturated heterocycles. The summed E-state index contributed by atoms with van der Waals surface area (Å²) < 4.78 is 27.4. The third kappa shape index (κ3) is 5.50. The minimum atomic E-state index is -1.08. The monoisotopic (exact) mass is 508 g/mol. The normalized spacial score (nSPS) is 14.1. The number of amides is 2. The molecule has 1 saturated carbocycles. The first-order chi connectivity index (χ1) is 18.0. The number of anilines is 1. The van der Waals surface area contributed by atoms with E-state index in [1.807, 2.05) is 0 Å². The topological polar surface area (TPSA) is 99.5 Å². The first kappa shape index (κ1) is 25.9. The lowest BCUT2D eigenvalue weighted by Crippen LogP contribution is -2.46. The van der Waals surface area contributed by atoms with Gasteiger partial charge in [-0.05, 0) is 54.8 Å². The van der Waals surface area contributed by atoms with Gasteiger partial charge in [-0.3, -0.25) is 14.5 Å². The summed E-state index contributed by atoms with van der Waals surface area (Å²) >= 11 is 0. The van der Waals surface area contributed by atoms with Crippen molar-refractivity contribution in [1.82, 2.24) is 5.32 Å². The Morgan fingerprint density at radius 3 is 2.22 bits per heavy atom. The van der Waals surface area contributed by atoms with Crippen molar-refractivity contribution in [2.45, 2.75) is 37.8 Å². The van der Waals surface area contributed by atoms with Crippen molar-refractivity contribution in [3.8, 4) is 23.0 Å². The predicted octanol–water partition coefficient (Wildman–Crippen LogP) is 4.76. The van der Waals surface area contributed by atoms with E-state index in [9.17, 15) is 9.59 Å². The van der Waals surface area contributed by atoms with Gasteiger partial charge in [-0.15, -0.1) is 0 Å². The molecule has 0 unspecified atom stereocenters. The number of nitrogens with one attached hydrogen (secondary N) is 1. The molecular weight excluding hydrogens is 476 g/mol. The smallest absolute Gasteiger partial charge is 0.295 e. The number of methoxy groups -OCH3 is 4. The Balaban J connectivity index is 1.92. The van der Waals surface area contributed by atoms with Crippen LogP contribution in [-0.4, -0.2) is 46.3 Å². The molecule has 1 heterocycles. The van der Waals surface area contributed by atoms with Gasteiger partial charge in [0, 0.05) is 12.1 Å². The van der Waals surface area contributed by atoms with Crippen molar-refractivity contribution in [2.75, 3.05) is 33.3 Å². The van der Waals surface area contributed by atoms with Crippen LogP contribution in [0.3, 0.4) is 0 Å². The van der Waals surface area contributed by atoms with Crippen molar-refractivity contribution in [2.24, 2.45) is 0 Å². The number of carbonyl (C=O) groups excluding carboxylic acids is 2. The second-order valence-electron chi connectivity index (χ2n) is 8.70. The van der Waals surface area contributed by atoms with Crippen LogP contribution in [0.25, 0.3) is 0 Å². The summed E-state index contributed by atoms with van der Waals surface area (Å²) in [6.45, 7) is 0. The highest BCUT2D eigenvalue weighted by Crippen LogP contribution is 2.40. The molecule has 2 aromatic carbocycles. The summed E-state index contributed by atoms with van der Waals surface area (Å²) in [6, 6.07) is 12.4. The van der Waals surface area contributed by atoms with Gasteiger partial charge in [0.2, 0.25) is 5.91 Å². The second-order valence-corrected chi connectivity index (χ2v) is 8.70. The van der Waals surface area contributed by atoms with Crippen LogP contribution in [0.5, 0.6) is 23.0 Å². The summed E-state index contributed by atoms with van der Waals surface area (Å²) in [7, 11) is 6.09. The van der Waals surface area contributed by atoms with E-state index < -0.39 is 11.9 Å². The Hall–Kier alpha value is -4.14. The van der Waals surface area contributed by atoms with E-state index in [2.05, 4.69) is 5.32 Å². The second kappa shape index (κ2) is 11.7.